The smallest absolute Gasteiger partial charge is 0.231 e. The van der Waals surface area contributed by atoms with Crippen LogP contribution in [0.15, 0.2) is 30.9 Å². The Morgan fingerprint density at radius 2 is 1.78 bits per heavy atom. The van der Waals surface area contributed by atoms with Crippen molar-refractivity contribution in [3.63, 3.8) is 0 Å². The third kappa shape index (κ3) is 4.82. The van der Waals surface area contributed by atoms with E-state index in [1.54, 1.807) is 0 Å². The fraction of sp³-hybridized carbons (Fsp3) is 0.500. The number of fused-ring (bicyclic) bond motifs is 1. The molecule has 1 aliphatic rings. The number of ether oxygens (including phenoxy) is 2. The molecule has 1 aliphatic heterocycles. The van der Waals surface area contributed by atoms with Gasteiger partial charge in [0.15, 0.2) is 11.5 Å². The minimum absolute atomic E-state index is 0.340. The molecule has 100 valence electrons. The van der Waals surface area contributed by atoms with Crippen LogP contribution in [-0.2, 0) is 6.42 Å². The fourth-order valence-corrected chi connectivity index (χ4v) is 1.73. The minimum atomic E-state index is 0.340. The maximum atomic E-state index is 5.23. The predicted octanol–water partition coefficient (Wildman–Crippen LogP) is 4.73. The van der Waals surface area contributed by atoms with Gasteiger partial charge in [0.2, 0.25) is 6.79 Å². The van der Waals surface area contributed by atoms with Crippen molar-refractivity contribution in [1.82, 2.24) is 0 Å². The van der Waals surface area contributed by atoms with Gasteiger partial charge in [0.25, 0.3) is 0 Å². The Morgan fingerprint density at radius 1 is 1.11 bits per heavy atom. The van der Waals surface area contributed by atoms with Gasteiger partial charge in [-0.25, -0.2) is 0 Å². The van der Waals surface area contributed by atoms with Crippen LogP contribution in [0.25, 0.3) is 0 Å². The van der Waals surface area contributed by atoms with Crippen LogP contribution in [0.4, 0.5) is 0 Å². The molecular weight excluding hydrogens is 224 g/mol. The summed E-state index contributed by atoms with van der Waals surface area (Å²) in [5.74, 6) is 1.68. The van der Waals surface area contributed by atoms with E-state index < -0.39 is 0 Å². The fourth-order valence-electron chi connectivity index (χ4n) is 1.73. The third-order valence-corrected chi connectivity index (χ3v) is 2.77. The highest BCUT2D eigenvalue weighted by Crippen LogP contribution is 2.32. The van der Waals surface area contributed by atoms with E-state index in [-0.39, 0.29) is 0 Å². The van der Waals surface area contributed by atoms with E-state index in [0.717, 1.165) is 17.9 Å². The number of rotatable bonds is 5. The highest BCUT2D eigenvalue weighted by Gasteiger charge is 2.12. The van der Waals surface area contributed by atoms with E-state index in [9.17, 15) is 0 Å². The molecule has 0 saturated carbocycles. The molecule has 2 heteroatoms. The zero-order valence-electron chi connectivity index (χ0n) is 11.6. The molecule has 0 radical (unpaired) electrons. The second-order valence-electron chi connectivity index (χ2n) is 4.39. The first-order valence-electron chi connectivity index (χ1n) is 6.81. The summed E-state index contributed by atoms with van der Waals surface area (Å²) in [4.78, 5) is 0. The zero-order valence-corrected chi connectivity index (χ0v) is 11.6. The van der Waals surface area contributed by atoms with Crippen LogP contribution in [0.3, 0.4) is 0 Å². The van der Waals surface area contributed by atoms with Gasteiger partial charge < -0.3 is 9.47 Å². The Bertz CT molecular complexity index is 354. The van der Waals surface area contributed by atoms with Gasteiger partial charge >= 0.3 is 0 Å². The summed E-state index contributed by atoms with van der Waals surface area (Å²) in [5, 5.41) is 0. The summed E-state index contributed by atoms with van der Waals surface area (Å²) in [5.41, 5.74) is 1.20. The van der Waals surface area contributed by atoms with Crippen LogP contribution >= 0.6 is 0 Å². The van der Waals surface area contributed by atoms with Gasteiger partial charge in [-0.15, -0.1) is 6.58 Å². The summed E-state index contributed by atoms with van der Waals surface area (Å²) in [6.07, 6.45) is 8.28. The van der Waals surface area contributed by atoms with Crippen LogP contribution in [0.1, 0.15) is 45.1 Å². The summed E-state index contributed by atoms with van der Waals surface area (Å²) >= 11 is 0. The van der Waals surface area contributed by atoms with Crippen LogP contribution in [0.2, 0.25) is 0 Å². The monoisotopic (exact) mass is 248 g/mol. The molecule has 1 aromatic carbocycles. The molecule has 0 unspecified atom stereocenters. The number of allylic oxidation sites excluding steroid dienone is 1. The molecule has 0 saturated heterocycles. The number of hydrogen-bond donors (Lipinski definition) is 0. The largest absolute Gasteiger partial charge is 0.454 e. The van der Waals surface area contributed by atoms with Crippen molar-refractivity contribution < 1.29 is 9.47 Å². The number of hydrogen-bond acceptors (Lipinski definition) is 2. The average Bonchev–Trinajstić information content (AvgIpc) is 2.85. The predicted molar refractivity (Wildman–Crippen MR) is 76.3 cm³/mol. The molecular formula is C16H24O2. The van der Waals surface area contributed by atoms with Crippen molar-refractivity contribution in [1.29, 1.82) is 0 Å². The molecule has 0 bridgehead atoms. The van der Waals surface area contributed by atoms with Crippen LogP contribution in [-0.4, -0.2) is 6.79 Å². The summed E-state index contributed by atoms with van der Waals surface area (Å²) in [6.45, 7) is 8.48. The van der Waals surface area contributed by atoms with Gasteiger partial charge in [0.1, 0.15) is 0 Å². The first-order valence-corrected chi connectivity index (χ1v) is 6.81. The van der Waals surface area contributed by atoms with Crippen molar-refractivity contribution in [3.05, 3.63) is 36.4 Å². The quantitative estimate of drug-likeness (QED) is 0.554. The van der Waals surface area contributed by atoms with Gasteiger partial charge in [0, 0.05) is 0 Å². The lowest BCUT2D eigenvalue weighted by molar-refractivity contribution is 0.174. The molecule has 0 fully saturated rings. The maximum Gasteiger partial charge on any atom is 0.231 e. The van der Waals surface area contributed by atoms with Gasteiger partial charge in [-0.2, -0.15) is 0 Å². The Morgan fingerprint density at radius 3 is 2.39 bits per heavy atom. The zero-order chi connectivity index (χ0) is 13.2. The average molecular weight is 248 g/mol. The minimum Gasteiger partial charge on any atom is -0.454 e. The molecule has 0 aliphatic carbocycles. The normalized spacial score (nSPS) is 11.7. The molecule has 0 N–H and O–H groups in total. The van der Waals surface area contributed by atoms with Crippen molar-refractivity contribution in [2.75, 3.05) is 6.79 Å². The van der Waals surface area contributed by atoms with Gasteiger partial charge in [-0.1, -0.05) is 51.7 Å². The first-order chi connectivity index (χ1) is 8.81. The molecule has 0 aromatic heterocycles. The second-order valence-corrected chi connectivity index (χ2v) is 4.39. The van der Waals surface area contributed by atoms with Crippen LogP contribution in [0.5, 0.6) is 11.5 Å². The lowest BCUT2D eigenvalue weighted by Gasteiger charge is -1.98. The molecule has 0 spiro atoms. The SMILES string of the molecule is C=CCc1ccc2c(c1)OCO2.CCCCCC. The number of benzene rings is 1. The van der Waals surface area contributed by atoms with Crippen molar-refractivity contribution in [2.24, 2.45) is 0 Å². The molecule has 2 rings (SSSR count). The molecule has 2 nitrogen and oxygen atoms in total. The van der Waals surface area contributed by atoms with E-state index in [2.05, 4.69) is 20.4 Å². The second kappa shape index (κ2) is 8.62. The summed E-state index contributed by atoms with van der Waals surface area (Å²) < 4.78 is 10.4. The highest BCUT2D eigenvalue weighted by molar-refractivity contribution is 5.44. The molecule has 1 aromatic rings. The standard InChI is InChI=1S/C10H10O2.C6H14/c1-2-3-8-4-5-9-10(6-8)12-7-11-9;1-3-5-6-4-2/h2,4-6H,1,3,7H2;3-6H2,1-2H3. The van der Waals surface area contributed by atoms with Gasteiger partial charge in [-0.3, -0.25) is 0 Å². The lowest BCUT2D eigenvalue weighted by atomic mass is 10.1. The summed E-state index contributed by atoms with van der Waals surface area (Å²) in [7, 11) is 0. The molecule has 0 amide bonds. The van der Waals surface area contributed by atoms with Gasteiger partial charge in [0.05, 0.1) is 0 Å². The molecule has 18 heavy (non-hydrogen) atoms. The third-order valence-electron chi connectivity index (χ3n) is 2.77. The number of unbranched alkanes of at least 4 members (excludes halogenated alkanes) is 3. The Kier molecular flexibility index (Phi) is 7.00. The van der Waals surface area contributed by atoms with E-state index in [1.165, 1.54) is 31.2 Å². The first kappa shape index (κ1) is 14.6. The lowest BCUT2D eigenvalue weighted by Crippen LogP contribution is -1.92. The van der Waals surface area contributed by atoms with Crippen LogP contribution < -0.4 is 9.47 Å². The van der Waals surface area contributed by atoms with E-state index >= 15 is 0 Å². The van der Waals surface area contributed by atoms with E-state index in [4.69, 9.17) is 9.47 Å². The Balaban J connectivity index is 0.000000232. The summed E-state index contributed by atoms with van der Waals surface area (Å²) in [6, 6.07) is 5.94. The van der Waals surface area contributed by atoms with Crippen molar-refractivity contribution in [2.45, 2.75) is 46.0 Å². The van der Waals surface area contributed by atoms with E-state index in [1.807, 2.05) is 24.3 Å². The molecule has 0 atom stereocenters. The maximum absolute atomic E-state index is 5.23. The van der Waals surface area contributed by atoms with Crippen LogP contribution in [0, 0.1) is 0 Å². The Labute approximate surface area is 111 Å². The van der Waals surface area contributed by atoms with Gasteiger partial charge in [-0.05, 0) is 24.1 Å². The Hall–Kier alpha value is -1.44. The molecule has 1 heterocycles. The highest BCUT2D eigenvalue weighted by atomic mass is 16.7. The van der Waals surface area contributed by atoms with Crippen molar-refractivity contribution in [3.8, 4) is 11.5 Å². The van der Waals surface area contributed by atoms with Crippen molar-refractivity contribution >= 4 is 0 Å². The topological polar surface area (TPSA) is 18.5 Å². The van der Waals surface area contributed by atoms with E-state index in [0.29, 0.717) is 6.79 Å².